The number of rotatable bonds is 2. The highest BCUT2D eigenvalue weighted by atomic mass is 19.4. The first-order valence-corrected chi connectivity index (χ1v) is 5.76. The lowest BCUT2D eigenvalue weighted by molar-refractivity contribution is -0.141. The minimum absolute atomic E-state index is 0.457. The van der Waals surface area contributed by atoms with E-state index in [4.69, 9.17) is 0 Å². The second-order valence-corrected chi connectivity index (χ2v) is 4.46. The molecule has 0 spiro atoms. The first-order chi connectivity index (χ1) is 7.51. The predicted molar refractivity (Wildman–Crippen MR) is 56.5 cm³/mol. The molecule has 0 aliphatic heterocycles. The Morgan fingerprint density at radius 2 is 2.19 bits per heavy atom. The Bertz CT molecular complexity index is 365. The second-order valence-electron chi connectivity index (χ2n) is 4.46. The van der Waals surface area contributed by atoms with Crippen molar-refractivity contribution in [2.24, 2.45) is 0 Å². The Morgan fingerprint density at radius 1 is 1.44 bits per heavy atom. The third-order valence-corrected chi connectivity index (χ3v) is 3.36. The molecule has 2 rings (SSSR count). The highest BCUT2D eigenvalue weighted by Crippen LogP contribution is 2.35. The van der Waals surface area contributed by atoms with Gasteiger partial charge in [0.15, 0.2) is 0 Å². The van der Waals surface area contributed by atoms with E-state index in [1.165, 1.54) is 4.57 Å². The Morgan fingerprint density at radius 3 is 2.81 bits per heavy atom. The van der Waals surface area contributed by atoms with Gasteiger partial charge in [-0.25, -0.2) is 0 Å². The number of hydrogen-bond acceptors (Lipinski definition) is 0. The lowest BCUT2D eigenvalue weighted by Crippen LogP contribution is -2.20. The fourth-order valence-electron chi connectivity index (χ4n) is 2.62. The van der Waals surface area contributed by atoms with Gasteiger partial charge in [-0.15, -0.1) is 0 Å². The molecule has 90 valence electrons. The number of nitrogens with zero attached hydrogens (tertiary/aromatic N) is 1. The van der Waals surface area contributed by atoms with Crippen LogP contribution < -0.4 is 0 Å². The molecule has 16 heavy (non-hydrogen) atoms. The molecule has 1 heterocycles. The van der Waals surface area contributed by atoms with Gasteiger partial charge >= 0.3 is 6.18 Å². The Labute approximate surface area is 93.3 Å². The summed E-state index contributed by atoms with van der Waals surface area (Å²) in [5.74, 6) is 0.457. The number of alkyl halides is 3. The molecule has 1 atom stereocenters. The van der Waals surface area contributed by atoms with Crippen molar-refractivity contribution in [1.29, 1.82) is 0 Å². The summed E-state index contributed by atoms with van der Waals surface area (Å²) in [4.78, 5) is 0. The molecule has 0 bridgehead atoms. The summed E-state index contributed by atoms with van der Waals surface area (Å²) in [6.07, 6.45) is 1.39. The molecule has 0 aromatic carbocycles. The lowest BCUT2D eigenvalue weighted by atomic mass is 9.85. The molecule has 4 heteroatoms. The molecule has 0 saturated carbocycles. The minimum Gasteiger partial charge on any atom is -0.342 e. The average molecular weight is 231 g/mol. The molecule has 0 fully saturated rings. The van der Waals surface area contributed by atoms with Gasteiger partial charge in [-0.2, -0.15) is 13.2 Å². The van der Waals surface area contributed by atoms with E-state index < -0.39 is 12.7 Å². The molecule has 1 aliphatic carbocycles. The molecule has 1 aromatic heterocycles. The summed E-state index contributed by atoms with van der Waals surface area (Å²) < 4.78 is 38.4. The van der Waals surface area contributed by atoms with Crippen LogP contribution in [0.2, 0.25) is 0 Å². The van der Waals surface area contributed by atoms with Gasteiger partial charge in [0.05, 0.1) is 0 Å². The van der Waals surface area contributed by atoms with Crippen molar-refractivity contribution in [1.82, 2.24) is 4.57 Å². The summed E-state index contributed by atoms with van der Waals surface area (Å²) in [6.45, 7) is 1.25. The van der Waals surface area contributed by atoms with Gasteiger partial charge < -0.3 is 4.57 Å². The van der Waals surface area contributed by atoms with Gasteiger partial charge in [0.1, 0.15) is 6.54 Å². The first kappa shape index (κ1) is 11.6. The number of hydrogen-bond donors (Lipinski definition) is 0. The van der Waals surface area contributed by atoms with E-state index in [-0.39, 0.29) is 0 Å². The van der Waals surface area contributed by atoms with Gasteiger partial charge in [0, 0.05) is 11.9 Å². The van der Waals surface area contributed by atoms with Crippen LogP contribution in [-0.4, -0.2) is 10.7 Å². The van der Waals surface area contributed by atoms with E-state index in [2.05, 4.69) is 6.92 Å². The van der Waals surface area contributed by atoms with E-state index in [1.54, 1.807) is 6.20 Å². The summed E-state index contributed by atoms with van der Waals surface area (Å²) in [5, 5.41) is 0. The third kappa shape index (κ3) is 2.25. The largest absolute Gasteiger partial charge is 0.406 e. The molecule has 0 amide bonds. The number of aromatic nitrogens is 1. The van der Waals surface area contributed by atoms with Crippen molar-refractivity contribution in [2.45, 2.75) is 51.2 Å². The summed E-state index contributed by atoms with van der Waals surface area (Å²) in [5.41, 5.74) is 2.04. The second kappa shape index (κ2) is 4.15. The highest BCUT2D eigenvalue weighted by Gasteiger charge is 2.30. The van der Waals surface area contributed by atoms with E-state index in [0.29, 0.717) is 5.92 Å². The van der Waals surface area contributed by atoms with Gasteiger partial charge in [-0.05, 0) is 43.2 Å². The average Bonchev–Trinajstić information content (AvgIpc) is 2.59. The van der Waals surface area contributed by atoms with E-state index in [9.17, 15) is 13.2 Å². The molecule has 0 N–H and O–H groups in total. The van der Waals surface area contributed by atoms with Gasteiger partial charge in [-0.1, -0.05) is 6.92 Å². The third-order valence-electron chi connectivity index (χ3n) is 3.36. The van der Waals surface area contributed by atoms with E-state index in [0.717, 1.165) is 36.9 Å². The van der Waals surface area contributed by atoms with Crippen LogP contribution in [0.25, 0.3) is 0 Å². The monoisotopic (exact) mass is 231 g/mol. The quantitative estimate of drug-likeness (QED) is 0.728. The Hall–Kier alpha value is -0.930. The Kier molecular flexibility index (Phi) is 3.00. The normalized spacial score (nSPS) is 20.9. The minimum atomic E-state index is -4.12. The standard InChI is InChI=1S/C12H16F3N/c1-2-9-4-3-5-11-10(9)6-7-16(11)8-12(13,14)15/h6-7,9H,2-5,8H2,1H3. The zero-order valence-corrected chi connectivity index (χ0v) is 9.35. The van der Waals surface area contributed by atoms with Crippen molar-refractivity contribution in [3.8, 4) is 0 Å². The zero-order valence-electron chi connectivity index (χ0n) is 9.35. The fraction of sp³-hybridized carbons (Fsp3) is 0.667. The summed E-state index contributed by atoms with van der Waals surface area (Å²) in [6, 6.07) is 1.87. The van der Waals surface area contributed by atoms with E-state index in [1.807, 2.05) is 6.07 Å². The van der Waals surface area contributed by atoms with Gasteiger partial charge in [-0.3, -0.25) is 0 Å². The zero-order chi connectivity index (χ0) is 11.8. The van der Waals surface area contributed by atoms with Crippen molar-refractivity contribution < 1.29 is 13.2 Å². The fourth-order valence-corrected chi connectivity index (χ4v) is 2.62. The van der Waals surface area contributed by atoms with E-state index >= 15 is 0 Å². The number of fused-ring (bicyclic) bond motifs is 1. The summed E-state index contributed by atoms with van der Waals surface area (Å²) >= 11 is 0. The van der Waals surface area contributed by atoms with Crippen LogP contribution in [0, 0.1) is 0 Å². The van der Waals surface area contributed by atoms with Crippen molar-refractivity contribution >= 4 is 0 Å². The van der Waals surface area contributed by atoms with Crippen molar-refractivity contribution in [3.05, 3.63) is 23.5 Å². The van der Waals surface area contributed by atoms with Crippen molar-refractivity contribution in [2.75, 3.05) is 0 Å². The molecule has 1 nitrogen and oxygen atoms in total. The van der Waals surface area contributed by atoms with Crippen LogP contribution in [-0.2, 0) is 13.0 Å². The lowest BCUT2D eigenvalue weighted by Gasteiger charge is -2.23. The van der Waals surface area contributed by atoms with Crippen LogP contribution in [0.4, 0.5) is 13.2 Å². The number of halogens is 3. The molecule has 0 radical (unpaired) electrons. The maximum Gasteiger partial charge on any atom is 0.406 e. The van der Waals surface area contributed by atoms with Crippen molar-refractivity contribution in [3.63, 3.8) is 0 Å². The smallest absolute Gasteiger partial charge is 0.342 e. The molecule has 1 aromatic rings. The first-order valence-electron chi connectivity index (χ1n) is 5.76. The van der Waals surface area contributed by atoms with Crippen LogP contribution in [0.15, 0.2) is 12.3 Å². The topological polar surface area (TPSA) is 4.93 Å². The summed E-state index contributed by atoms with van der Waals surface area (Å²) in [7, 11) is 0. The van der Waals surface area contributed by atoms with Crippen LogP contribution in [0.5, 0.6) is 0 Å². The Balaban J connectivity index is 2.26. The van der Waals surface area contributed by atoms with Crippen LogP contribution in [0.1, 0.15) is 43.4 Å². The molecular formula is C12H16F3N. The predicted octanol–water partition coefficient (Wildman–Crippen LogP) is 3.88. The van der Waals surface area contributed by atoms with Crippen LogP contribution >= 0.6 is 0 Å². The van der Waals surface area contributed by atoms with Gasteiger partial charge in [0.25, 0.3) is 0 Å². The molecule has 0 saturated heterocycles. The van der Waals surface area contributed by atoms with Crippen LogP contribution in [0.3, 0.4) is 0 Å². The maximum atomic E-state index is 12.3. The molecule has 1 unspecified atom stereocenters. The maximum absolute atomic E-state index is 12.3. The SMILES string of the molecule is CCC1CCCc2c1ccn2CC(F)(F)F. The highest BCUT2D eigenvalue weighted by molar-refractivity contribution is 5.29. The molecule has 1 aliphatic rings. The van der Waals surface area contributed by atoms with Gasteiger partial charge in [0.2, 0.25) is 0 Å². The molecular weight excluding hydrogens is 215 g/mol.